The molecule has 3 amide bonds. The van der Waals surface area contributed by atoms with E-state index in [1.807, 2.05) is 0 Å². The van der Waals surface area contributed by atoms with Crippen LogP contribution in [0.25, 0.3) is 0 Å². The van der Waals surface area contributed by atoms with Crippen molar-refractivity contribution < 1.29 is 14.5 Å². The van der Waals surface area contributed by atoms with E-state index in [0.29, 0.717) is 12.0 Å². The summed E-state index contributed by atoms with van der Waals surface area (Å²) in [4.78, 5) is 36.1. The summed E-state index contributed by atoms with van der Waals surface area (Å²) in [7, 11) is 0. The van der Waals surface area contributed by atoms with E-state index in [1.54, 1.807) is 20.8 Å². The average molecular weight is 330 g/mol. The van der Waals surface area contributed by atoms with Crippen LogP contribution < -0.4 is 5.32 Å². The van der Waals surface area contributed by atoms with Gasteiger partial charge in [0.25, 0.3) is 11.6 Å². The summed E-state index contributed by atoms with van der Waals surface area (Å²) in [6.45, 7) is 5.17. The minimum absolute atomic E-state index is 0.0910. The molecule has 1 fully saturated rings. The highest BCUT2D eigenvalue weighted by Crippen LogP contribution is 2.31. The van der Waals surface area contributed by atoms with Crippen LogP contribution >= 0.6 is 0 Å². The number of nitriles is 1. The maximum Gasteiger partial charge on any atom is 0.325 e. The highest BCUT2D eigenvalue weighted by atomic mass is 16.6. The number of nitrogens with one attached hydrogen (secondary N) is 1. The van der Waals surface area contributed by atoms with E-state index in [4.69, 9.17) is 5.26 Å². The lowest BCUT2D eigenvalue weighted by Crippen LogP contribution is -2.41. The number of benzene rings is 1. The van der Waals surface area contributed by atoms with Crippen LogP contribution in [-0.4, -0.2) is 28.3 Å². The molecular weight excluding hydrogens is 312 g/mol. The molecule has 1 aromatic carbocycles. The summed E-state index contributed by atoms with van der Waals surface area (Å²) >= 11 is 0. The van der Waals surface area contributed by atoms with E-state index in [-0.39, 0.29) is 12.2 Å². The molecule has 126 valence electrons. The van der Waals surface area contributed by atoms with Gasteiger partial charge in [-0.15, -0.1) is 0 Å². The Morgan fingerprint density at radius 3 is 2.42 bits per heavy atom. The van der Waals surface area contributed by atoms with E-state index >= 15 is 0 Å². The summed E-state index contributed by atoms with van der Waals surface area (Å²) < 4.78 is 0. The van der Waals surface area contributed by atoms with Crippen molar-refractivity contribution in [2.24, 2.45) is 5.41 Å². The summed E-state index contributed by atoms with van der Waals surface area (Å²) in [5, 5.41) is 22.4. The molecule has 1 N–H and O–H groups in total. The Kier molecular flexibility index (Phi) is 4.30. The summed E-state index contributed by atoms with van der Waals surface area (Å²) in [5.74, 6) is -0.435. The Labute approximate surface area is 139 Å². The number of nitro groups is 1. The molecule has 0 radical (unpaired) electrons. The highest BCUT2D eigenvalue weighted by Gasteiger charge is 2.49. The minimum atomic E-state index is -1.27. The molecule has 8 heteroatoms. The Bertz CT molecular complexity index is 735. The van der Waals surface area contributed by atoms with Gasteiger partial charge in [-0.05, 0) is 44.9 Å². The van der Waals surface area contributed by atoms with Gasteiger partial charge in [-0.1, -0.05) is 0 Å². The second kappa shape index (κ2) is 5.92. The zero-order valence-electron chi connectivity index (χ0n) is 13.7. The number of amides is 3. The van der Waals surface area contributed by atoms with Crippen molar-refractivity contribution in [1.82, 2.24) is 10.2 Å². The van der Waals surface area contributed by atoms with Gasteiger partial charge in [0.1, 0.15) is 5.54 Å². The van der Waals surface area contributed by atoms with Gasteiger partial charge in [0.15, 0.2) is 0 Å². The van der Waals surface area contributed by atoms with Crippen LogP contribution in [0.15, 0.2) is 24.3 Å². The standard InChI is InChI=1S/C16H18N4O4/c1-15(2,10-17)8-9-19-13(21)16(3,18-14(19)22)11-4-6-12(7-5-11)20(23)24/h4-7H,8-9H2,1-3H3,(H,18,22). The molecule has 1 saturated heterocycles. The number of carbonyl (C=O) groups is 2. The van der Waals surface area contributed by atoms with E-state index in [2.05, 4.69) is 11.4 Å². The fourth-order valence-corrected chi connectivity index (χ4v) is 2.46. The molecule has 2 rings (SSSR count). The van der Waals surface area contributed by atoms with Gasteiger partial charge in [-0.25, -0.2) is 4.79 Å². The predicted molar refractivity (Wildman–Crippen MR) is 84.7 cm³/mol. The van der Waals surface area contributed by atoms with Gasteiger partial charge in [0, 0.05) is 18.7 Å². The number of urea groups is 1. The summed E-state index contributed by atoms with van der Waals surface area (Å²) in [6, 6.07) is 7.10. The number of hydrogen-bond acceptors (Lipinski definition) is 5. The number of imide groups is 1. The molecule has 0 spiro atoms. The van der Waals surface area contributed by atoms with Crippen LogP contribution in [0.2, 0.25) is 0 Å². The predicted octanol–water partition coefficient (Wildman–Crippen LogP) is 2.30. The van der Waals surface area contributed by atoms with Gasteiger partial charge in [0.2, 0.25) is 0 Å². The van der Waals surface area contributed by atoms with Crippen molar-refractivity contribution in [1.29, 1.82) is 5.26 Å². The van der Waals surface area contributed by atoms with Crippen LogP contribution in [0.4, 0.5) is 10.5 Å². The molecule has 1 heterocycles. The number of nitrogens with zero attached hydrogens (tertiary/aromatic N) is 3. The van der Waals surface area contributed by atoms with Gasteiger partial charge < -0.3 is 5.32 Å². The first-order valence-corrected chi connectivity index (χ1v) is 7.41. The lowest BCUT2D eigenvalue weighted by Gasteiger charge is -2.23. The van der Waals surface area contributed by atoms with Gasteiger partial charge >= 0.3 is 6.03 Å². The fraction of sp³-hybridized carbons (Fsp3) is 0.438. The van der Waals surface area contributed by atoms with E-state index in [0.717, 1.165) is 4.90 Å². The molecule has 1 aromatic rings. The molecule has 1 atom stereocenters. The third-order valence-corrected chi connectivity index (χ3v) is 4.19. The van der Waals surface area contributed by atoms with Crippen LogP contribution in [0.5, 0.6) is 0 Å². The number of hydrogen-bond donors (Lipinski definition) is 1. The molecule has 0 bridgehead atoms. The van der Waals surface area contributed by atoms with E-state index < -0.39 is 27.8 Å². The second-order valence-corrected chi connectivity index (χ2v) is 6.56. The summed E-state index contributed by atoms with van der Waals surface area (Å²) in [5.41, 5.74) is -1.55. The third-order valence-electron chi connectivity index (χ3n) is 4.19. The van der Waals surface area contributed by atoms with Crippen molar-refractivity contribution in [3.8, 4) is 6.07 Å². The quantitative estimate of drug-likeness (QED) is 0.505. The smallest absolute Gasteiger partial charge is 0.319 e. The van der Waals surface area contributed by atoms with Crippen molar-refractivity contribution in [3.63, 3.8) is 0 Å². The maximum atomic E-state index is 12.7. The Balaban J connectivity index is 2.23. The maximum absolute atomic E-state index is 12.7. The van der Waals surface area contributed by atoms with Crippen LogP contribution in [0, 0.1) is 26.9 Å². The molecule has 1 unspecified atom stereocenters. The number of rotatable bonds is 5. The number of nitro benzene ring substituents is 1. The molecule has 0 aliphatic carbocycles. The van der Waals surface area contributed by atoms with Gasteiger partial charge in [-0.3, -0.25) is 19.8 Å². The molecule has 0 saturated carbocycles. The third kappa shape index (κ3) is 3.06. The van der Waals surface area contributed by atoms with Gasteiger partial charge in [-0.2, -0.15) is 5.26 Å². The lowest BCUT2D eigenvalue weighted by molar-refractivity contribution is -0.384. The topological polar surface area (TPSA) is 116 Å². The first-order chi connectivity index (χ1) is 11.1. The van der Waals surface area contributed by atoms with Crippen molar-refractivity contribution in [2.45, 2.75) is 32.7 Å². The fourth-order valence-electron chi connectivity index (χ4n) is 2.46. The number of non-ortho nitro benzene ring substituents is 1. The zero-order chi connectivity index (χ0) is 18.1. The largest absolute Gasteiger partial charge is 0.325 e. The number of carbonyl (C=O) groups excluding carboxylic acids is 2. The minimum Gasteiger partial charge on any atom is -0.319 e. The SMILES string of the molecule is CC(C)(C#N)CCN1C(=O)NC(C)(c2ccc([N+](=O)[O-])cc2)C1=O. The zero-order valence-corrected chi connectivity index (χ0v) is 13.7. The molecule has 1 aliphatic heterocycles. The monoisotopic (exact) mass is 330 g/mol. The van der Waals surface area contributed by atoms with E-state index in [1.165, 1.54) is 24.3 Å². The van der Waals surface area contributed by atoms with Crippen LogP contribution in [0.1, 0.15) is 32.8 Å². The van der Waals surface area contributed by atoms with Crippen molar-refractivity contribution in [2.75, 3.05) is 6.54 Å². The molecular formula is C16H18N4O4. The van der Waals surface area contributed by atoms with E-state index in [9.17, 15) is 19.7 Å². The second-order valence-electron chi connectivity index (χ2n) is 6.56. The highest BCUT2D eigenvalue weighted by molar-refractivity contribution is 6.07. The molecule has 24 heavy (non-hydrogen) atoms. The normalized spacial score (nSPS) is 20.7. The lowest BCUT2D eigenvalue weighted by atomic mass is 9.90. The molecule has 1 aliphatic rings. The van der Waals surface area contributed by atoms with Crippen molar-refractivity contribution >= 4 is 17.6 Å². The van der Waals surface area contributed by atoms with Crippen LogP contribution in [0.3, 0.4) is 0 Å². The Hall–Kier alpha value is -2.95. The summed E-state index contributed by atoms with van der Waals surface area (Å²) in [6.07, 6.45) is 0.360. The first-order valence-electron chi connectivity index (χ1n) is 7.41. The van der Waals surface area contributed by atoms with Gasteiger partial charge in [0.05, 0.1) is 16.4 Å². The first kappa shape index (κ1) is 17.4. The molecule has 8 nitrogen and oxygen atoms in total. The molecule has 0 aromatic heterocycles. The Morgan fingerprint density at radius 1 is 1.33 bits per heavy atom. The average Bonchev–Trinajstić information content (AvgIpc) is 2.76. The van der Waals surface area contributed by atoms with Crippen molar-refractivity contribution in [3.05, 3.63) is 39.9 Å². The Morgan fingerprint density at radius 2 is 1.92 bits per heavy atom. The van der Waals surface area contributed by atoms with Crippen LogP contribution in [-0.2, 0) is 10.3 Å².